The van der Waals surface area contributed by atoms with Gasteiger partial charge < -0.3 is 9.84 Å². The van der Waals surface area contributed by atoms with E-state index < -0.39 is 5.97 Å². The maximum absolute atomic E-state index is 10.8. The van der Waals surface area contributed by atoms with Crippen LogP contribution < -0.4 is 4.74 Å². The molecular formula is C15H22N2O3. The second kappa shape index (κ2) is 7.26. The van der Waals surface area contributed by atoms with Gasteiger partial charge in [-0.15, -0.1) is 0 Å². The maximum atomic E-state index is 10.8. The molecule has 0 aliphatic carbocycles. The fraction of sp³-hybridized carbons (Fsp3) is 0.533. The van der Waals surface area contributed by atoms with Crippen molar-refractivity contribution in [1.82, 2.24) is 9.80 Å². The molecule has 0 saturated carbocycles. The molecule has 0 spiro atoms. The molecule has 0 radical (unpaired) electrons. The lowest BCUT2D eigenvalue weighted by molar-refractivity contribution is -0.138. The summed E-state index contributed by atoms with van der Waals surface area (Å²) >= 11 is 0. The summed E-state index contributed by atoms with van der Waals surface area (Å²) in [5.41, 5.74) is 1.23. The van der Waals surface area contributed by atoms with E-state index >= 15 is 0 Å². The number of carboxylic acid groups (broad SMARTS) is 1. The Hall–Kier alpha value is -1.59. The zero-order chi connectivity index (χ0) is 14.4. The molecule has 1 saturated heterocycles. The first-order valence-corrected chi connectivity index (χ1v) is 6.97. The third-order valence-corrected chi connectivity index (χ3v) is 3.58. The second-order valence-electron chi connectivity index (χ2n) is 5.15. The molecule has 1 fully saturated rings. The van der Waals surface area contributed by atoms with E-state index in [0.29, 0.717) is 0 Å². The Bertz CT molecular complexity index is 450. The third-order valence-electron chi connectivity index (χ3n) is 3.58. The Kier molecular flexibility index (Phi) is 5.38. The standard InChI is InChI=1S/C15H22N2O3/c1-20-14-5-2-4-13(10-14)11-16-6-3-7-17(9-8-16)12-15(18)19/h2,4-5,10H,3,6-9,11-12H2,1H3,(H,18,19). The van der Waals surface area contributed by atoms with Gasteiger partial charge in [0, 0.05) is 26.2 Å². The molecule has 0 aromatic heterocycles. The quantitative estimate of drug-likeness (QED) is 0.879. The van der Waals surface area contributed by atoms with E-state index in [1.165, 1.54) is 5.56 Å². The molecule has 1 heterocycles. The minimum absolute atomic E-state index is 0.146. The van der Waals surface area contributed by atoms with E-state index in [1.54, 1.807) is 7.11 Å². The normalized spacial score (nSPS) is 17.6. The van der Waals surface area contributed by atoms with Gasteiger partial charge in [-0.3, -0.25) is 14.6 Å². The van der Waals surface area contributed by atoms with Crippen molar-refractivity contribution in [3.05, 3.63) is 29.8 Å². The molecule has 0 unspecified atom stereocenters. The molecule has 2 rings (SSSR count). The van der Waals surface area contributed by atoms with Gasteiger partial charge in [0.15, 0.2) is 0 Å². The summed E-state index contributed by atoms with van der Waals surface area (Å²) < 4.78 is 5.24. The first kappa shape index (κ1) is 14.8. The Labute approximate surface area is 119 Å². The molecule has 1 N–H and O–H groups in total. The lowest BCUT2D eigenvalue weighted by Gasteiger charge is -2.21. The van der Waals surface area contributed by atoms with Crippen LogP contribution in [0, 0.1) is 0 Å². The average molecular weight is 278 g/mol. The number of rotatable bonds is 5. The first-order chi connectivity index (χ1) is 9.67. The molecule has 0 amide bonds. The van der Waals surface area contributed by atoms with Gasteiger partial charge in [-0.25, -0.2) is 0 Å². The highest BCUT2D eigenvalue weighted by Crippen LogP contribution is 2.15. The van der Waals surface area contributed by atoms with Crippen molar-refractivity contribution in [2.75, 3.05) is 39.8 Å². The molecule has 0 atom stereocenters. The number of benzene rings is 1. The molecule has 5 heteroatoms. The fourth-order valence-electron chi connectivity index (χ4n) is 2.56. The summed E-state index contributed by atoms with van der Waals surface area (Å²) in [5, 5.41) is 8.85. The van der Waals surface area contributed by atoms with Gasteiger partial charge in [0.1, 0.15) is 5.75 Å². The van der Waals surface area contributed by atoms with Gasteiger partial charge in [-0.1, -0.05) is 12.1 Å². The smallest absolute Gasteiger partial charge is 0.317 e. The van der Waals surface area contributed by atoms with Crippen LogP contribution in [-0.4, -0.2) is 60.7 Å². The van der Waals surface area contributed by atoms with Crippen LogP contribution in [-0.2, 0) is 11.3 Å². The summed E-state index contributed by atoms with van der Waals surface area (Å²) in [5.74, 6) is 0.135. The van der Waals surface area contributed by atoms with Crippen LogP contribution in [0.25, 0.3) is 0 Å². The molecule has 1 aliphatic heterocycles. The predicted molar refractivity (Wildman–Crippen MR) is 77.0 cm³/mol. The van der Waals surface area contributed by atoms with E-state index in [1.807, 2.05) is 17.0 Å². The van der Waals surface area contributed by atoms with Crippen LogP contribution in [0.2, 0.25) is 0 Å². The van der Waals surface area contributed by atoms with Crippen LogP contribution in [0.4, 0.5) is 0 Å². The van der Waals surface area contributed by atoms with E-state index in [2.05, 4.69) is 17.0 Å². The Morgan fingerprint density at radius 2 is 2.00 bits per heavy atom. The largest absolute Gasteiger partial charge is 0.497 e. The summed E-state index contributed by atoms with van der Waals surface area (Å²) in [4.78, 5) is 15.1. The van der Waals surface area contributed by atoms with E-state index in [0.717, 1.165) is 44.9 Å². The third kappa shape index (κ3) is 4.51. The molecule has 110 valence electrons. The number of nitrogens with zero attached hydrogens (tertiary/aromatic N) is 2. The minimum atomic E-state index is -0.744. The fourth-order valence-corrected chi connectivity index (χ4v) is 2.56. The topological polar surface area (TPSA) is 53.0 Å². The van der Waals surface area contributed by atoms with Crippen LogP contribution in [0.15, 0.2) is 24.3 Å². The van der Waals surface area contributed by atoms with Gasteiger partial charge in [-0.2, -0.15) is 0 Å². The summed E-state index contributed by atoms with van der Waals surface area (Å²) in [6, 6.07) is 8.10. The molecule has 1 aromatic carbocycles. The molecule has 1 aromatic rings. The van der Waals surface area contributed by atoms with E-state index in [4.69, 9.17) is 9.84 Å². The number of carboxylic acids is 1. The van der Waals surface area contributed by atoms with Gasteiger partial charge in [0.25, 0.3) is 0 Å². The highest BCUT2D eigenvalue weighted by Gasteiger charge is 2.16. The predicted octanol–water partition coefficient (Wildman–Crippen LogP) is 1.29. The van der Waals surface area contributed by atoms with Crippen LogP contribution in [0.3, 0.4) is 0 Å². The average Bonchev–Trinajstić information content (AvgIpc) is 2.64. The van der Waals surface area contributed by atoms with Crippen molar-refractivity contribution in [2.24, 2.45) is 0 Å². The highest BCUT2D eigenvalue weighted by atomic mass is 16.5. The van der Waals surface area contributed by atoms with Gasteiger partial charge >= 0.3 is 5.97 Å². The van der Waals surface area contributed by atoms with Gasteiger partial charge in [0.05, 0.1) is 13.7 Å². The van der Waals surface area contributed by atoms with Crippen molar-refractivity contribution in [2.45, 2.75) is 13.0 Å². The second-order valence-corrected chi connectivity index (χ2v) is 5.15. The Morgan fingerprint density at radius 3 is 2.75 bits per heavy atom. The molecule has 0 bridgehead atoms. The molecule has 5 nitrogen and oxygen atoms in total. The SMILES string of the molecule is COc1cccc(CN2CCCN(CC(=O)O)CC2)c1. The number of ether oxygens (including phenoxy) is 1. The minimum Gasteiger partial charge on any atom is -0.497 e. The Balaban J connectivity index is 1.88. The van der Waals surface area contributed by atoms with Crippen LogP contribution in [0.5, 0.6) is 5.75 Å². The van der Waals surface area contributed by atoms with Crippen molar-refractivity contribution in [3.8, 4) is 5.75 Å². The first-order valence-electron chi connectivity index (χ1n) is 6.97. The zero-order valence-corrected chi connectivity index (χ0v) is 11.9. The van der Waals surface area contributed by atoms with Gasteiger partial charge in [-0.05, 0) is 30.7 Å². The lowest BCUT2D eigenvalue weighted by Crippen LogP contribution is -2.34. The molecular weight excluding hydrogens is 256 g/mol. The maximum Gasteiger partial charge on any atom is 0.317 e. The molecule has 1 aliphatic rings. The van der Waals surface area contributed by atoms with Crippen molar-refractivity contribution in [3.63, 3.8) is 0 Å². The van der Waals surface area contributed by atoms with Gasteiger partial charge in [0.2, 0.25) is 0 Å². The lowest BCUT2D eigenvalue weighted by atomic mass is 10.2. The highest BCUT2D eigenvalue weighted by molar-refractivity contribution is 5.69. The van der Waals surface area contributed by atoms with Crippen LogP contribution in [0.1, 0.15) is 12.0 Å². The van der Waals surface area contributed by atoms with Crippen molar-refractivity contribution >= 4 is 5.97 Å². The summed E-state index contributed by atoms with van der Waals surface area (Å²) in [6.07, 6.45) is 1.01. The summed E-state index contributed by atoms with van der Waals surface area (Å²) in [6.45, 7) is 4.63. The number of aliphatic carboxylic acids is 1. The van der Waals surface area contributed by atoms with Crippen molar-refractivity contribution < 1.29 is 14.6 Å². The number of hydrogen-bond acceptors (Lipinski definition) is 4. The molecule has 20 heavy (non-hydrogen) atoms. The number of hydrogen-bond donors (Lipinski definition) is 1. The number of methoxy groups -OCH3 is 1. The van der Waals surface area contributed by atoms with E-state index in [9.17, 15) is 4.79 Å². The van der Waals surface area contributed by atoms with E-state index in [-0.39, 0.29) is 6.54 Å². The van der Waals surface area contributed by atoms with Crippen LogP contribution >= 0.6 is 0 Å². The Morgan fingerprint density at radius 1 is 1.25 bits per heavy atom. The number of carbonyl (C=O) groups is 1. The zero-order valence-electron chi connectivity index (χ0n) is 11.9. The van der Waals surface area contributed by atoms with Crippen molar-refractivity contribution in [1.29, 1.82) is 0 Å². The summed E-state index contributed by atoms with van der Waals surface area (Å²) in [7, 11) is 1.68. The monoisotopic (exact) mass is 278 g/mol.